The number of benzene rings is 2. The van der Waals surface area contributed by atoms with E-state index in [1.807, 2.05) is 36.4 Å². The summed E-state index contributed by atoms with van der Waals surface area (Å²) in [4.78, 5) is 10.4. The van der Waals surface area contributed by atoms with E-state index in [9.17, 15) is 4.91 Å². The highest BCUT2D eigenvalue weighted by molar-refractivity contribution is 5.45. The molecule has 0 bridgehead atoms. The molecule has 0 aliphatic carbocycles. The zero-order valence-corrected chi connectivity index (χ0v) is 10.9. The zero-order valence-electron chi connectivity index (χ0n) is 10.9. The molecule has 19 heavy (non-hydrogen) atoms. The van der Waals surface area contributed by atoms with Crippen molar-refractivity contribution >= 4 is 5.69 Å². The predicted molar refractivity (Wildman–Crippen MR) is 75.2 cm³/mol. The topological polar surface area (TPSA) is 53.2 Å². The first-order chi connectivity index (χ1) is 9.07. The molecule has 0 aliphatic heterocycles. The molecule has 0 aliphatic rings. The minimum absolute atomic E-state index is 0.185. The summed E-state index contributed by atoms with van der Waals surface area (Å²) < 4.78 is 0. The molecule has 0 fully saturated rings. The first-order valence-corrected chi connectivity index (χ1v) is 6.02. The van der Waals surface area contributed by atoms with Gasteiger partial charge in [0, 0.05) is 5.41 Å². The van der Waals surface area contributed by atoms with Gasteiger partial charge in [-0.05, 0) is 40.6 Å². The van der Waals surface area contributed by atoms with Gasteiger partial charge in [0.2, 0.25) is 0 Å². The largest absolute Gasteiger partial charge is 0.192 e. The van der Waals surface area contributed by atoms with Crippen molar-refractivity contribution in [2.45, 2.75) is 19.3 Å². The van der Waals surface area contributed by atoms with Crippen LogP contribution in [0.5, 0.6) is 0 Å². The lowest BCUT2D eigenvalue weighted by atomic mass is 9.78. The number of nitriles is 1. The van der Waals surface area contributed by atoms with Crippen LogP contribution in [0.1, 0.15) is 30.5 Å². The Morgan fingerprint density at radius 1 is 0.947 bits per heavy atom. The highest BCUT2D eigenvalue weighted by Gasteiger charge is 2.22. The summed E-state index contributed by atoms with van der Waals surface area (Å²) in [6, 6.07) is 16.9. The molecule has 3 nitrogen and oxygen atoms in total. The van der Waals surface area contributed by atoms with E-state index in [0.29, 0.717) is 11.3 Å². The lowest BCUT2D eigenvalue weighted by Crippen LogP contribution is -2.18. The predicted octanol–water partition coefficient (Wildman–Crippen LogP) is 4.28. The smallest absolute Gasteiger partial charge is 0.108 e. The number of nitrogens with zero attached hydrogens (tertiary/aromatic N) is 2. The molecular formula is C16H14N2O. The summed E-state index contributed by atoms with van der Waals surface area (Å²) in [6.07, 6.45) is 0. The SMILES string of the molecule is CC(C)(c1ccc(C#N)cc1)c1ccc(N=O)cc1. The lowest BCUT2D eigenvalue weighted by Gasteiger charge is -2.26. The van der Waals surface area contributed by atoms with Crippen LogP contribution in [-0.2, 0) is 5.41 Å². The standard InChI is InChI=1S/C16H14N2O/c1-16(2,13-5-3-12(11-17)4-6-13)14-7-9-15(18-19)10-8-14/h3-10H,1-2H3. The molecule has 0 aromatic heterocycles. The number of rotatable bonds is 3. The van der Waals surface area contributed by atoms with Gasteiger partial charge in [-0.2, -0.15) is 5.26 Å². The third kappa shape index (κ3) is 2.53. The van der Waals surface area contributed by atoms with Crippen molar-refractivity contribution in [3.63, 3.8) is 0 Å². The van der Waals surface area contributed by atoms with Gasteiger partial charge in [-0.1, -0.05) is 38.1 Å². The fraction of sp³-hybridized carbons (Fsp3) is 0.188. The van der Waals surface area contributed by atoms with Gasteiger partial charge in [-0.25, -0.2) is 0 Å². The van der Waals surface area contributed by atoms with Gasteiger partial charge in [-0.15, -0.1) is 4.91 Å². The number of nitroso groups, excluding NO2 is 1. The molecule has 0 unspecified atom stereocenters. The van der Waals surface area contributed by atoms with Gasteiger partial charge in [-0.3, -0.25) is 0 Å². The van der Waals surface area contributed by atoms with Crippen LogP contribution in [0.25, 0.3) is 0 Å². The zero-order chi connectivity index (χ0) is 13.9. The summed E-state index contributed by atoms with van der Waals surface area (Å²) in [7, 11) is 0. The number of hydrogen-bond acceptors (Lipinski definition) is 3. The van der Waals surface area contributed by atoms with Crippen molar-refractivity contribution in [3.05, 3.63) is 70.1 Å². The maximum absolute atomic E-state index is 10.4. The summed E-state index contributed by atoms with van der Waals surface area (Å²) >= 11 is 0. The normalized spacial score (nSPS) is 10.8. The Bertz CT molecular complexity index is 619. The van der Waals surface area contributed by atoms with Crippen LogP contribution in [0.3, 0.4) is 0 Å². The van der Waals surface area contributed by atoms with E-state index < -0.39 is 0 Å². The van der Waals surface area contributed by atoms with E-state index in [4.69, 9.17) is 5.26 Å². The summed E-state index contributed by atoms with van der Waals surface area (Å²) in [5.74, 6) is 0. The average Bonchev–Trinajstić information content (AvgIpc) is 2.47. The van der Waals surface area contributed by atoms with Gasteiger partial charge in [0.05, 0.1) is 11.6 Å². The second-order valence-electron chi connectivity index (χ2n) is 4.95. The van der Waals surface area contributed by atoms with Crippen molar-refractivity contribution < 1.29 is 0 Å². The Morgan fingerprint density at radius 2 is 1.42 bits per heavy atom. The fourth-order valence-electron chi connectivity index (χ4n) is 2.07. The van der Waals surface area contributed by atoms with Crippen LogP contribution in [-0.4, -0.2) is 0 Å². The van der Waals surface area contributed by atoms with E-state index in [2.05, 4.69) is 25.1 Å². The molecule has 0 amide bonds. The highest BCUT2D eigenvalue weighted by atomic mass is 16.3. The Labute approximate surface area is 112 Å². The molecule has 3 heteroatoms. The maximum Gasteiger partial charge on any atom is 0.108 e. The average molecular weight is 250 g/mol. The molecule has 2 aromatic rings. The molecule has 0 saturated carbocycles. The van der Waals surface area contributed by atoms with Crippen molar-refractivity contribution in [1.82, 2.24) is 0 Å². The monoisotopic (exact) mass is 250 g/mol. The quantitative estimate of drug-likeness (QED) is 0.763. The Morgan fingerprint density at radius 3 is 1.84 bits per heavy atom. The third-order valence-corrected chi connectivity index (χ3v) is 3.43. The van der Waals surface area contributed by atoms with E-state index >= 15 is 0 Å². The first-order valence-electron chi connectivity index (χ1n) is 6.02. The Kier molecular flexibility index (Phi) is 3.43. The molecule has 2 rings (SSSR count). The van der Waals surface area contributed by atoms with Crippen molar-refractivity contribution in [3.8, 4) is 6.07 Å². The lowest BCUT2D eigenvalue weighted by molar-refractivity contribution is 0.641. The van der Waals surface area contributed by atoms with E-state index in [-0.39, 0.29) is 5.41 Å². The van der Waals surface area contributed by atoms with Crippen LogP contribution in [0.2, 0.25) is 0 Å². The second kappa shape index (κ2) is 5.03. The molecular weight excluding hydrogens is 236 g/mol. The van der Waals surface area contributed by atoms with Crippen LogP contribution >= 0.6 is 0 Å². The van der Waals surface area contributed by atoms with E-state index in [0.717, 1.165) is 11.1 Å². The molecule has 0 N–H and O–H groups in total. The van der Waals surface area contributed by atoms with Crippen LogP contribution < -0.4 is 0 Å². The summed E-state index contributed by atoms with van der Waals surface area (Å²) in [6.45, 7) is 4.22. The molecule has 94 valence electrons. The Hall–Kier alpha value is -2.47. The summed E-state index contributed by atoms with van der Waals surface area (Å²) in [5.41, 5.74) is 3.12. The maximum atomic E-state index is 10.4. The molecule has 0 heterocycles. The summed E-state index contributed by atoms with van der Waals surface area (Å²) in [5, 5.41) is 11.7. The van der Waals surface area contributed by atoms with Gasteiger partial charge in [0.15, 0.2) is 0 Å². The highest BCUT2D eigenvalue weighted by Crippen LogP contribution is 2.32. The van der Waals surface area contributed by atoms with Crippen molar-refractivity contribution in [2.24, 2.45) is 5.18 Å². The second-order valence-corrected chi connectivity index (χ2v) is 4.95. The van der Waals surface area contributed by atoms with Crippen molar-refractivity contribution in [2.75, 3.05) is 0 Å². The fourth-order valence-corrected chi connectivity index (χ4v) is 2.07. The Balaban J connectivity index is 2.39. The third-order valence-electron chi connectivity index (χ3n) is 3.43. The minimum atomic E-state index is -0.185. The van der Waals surface area contributed by atoms with Crippen LogP contribution in [0.4, 0.5) is 5.69 Å². The minimum Gasteiger partial charge on any atom is -0.192 e. The molecule has 2 aromatic carbocycles. The van der Waals surface area contributed by atoms with E-state index in [1.165, 1.54) is 0 Å². The molecule has 0 atom stereocenters. The first kappa shape index (κ1) is 13.0. The van der Waals surface area contributed by atoms with Gasteiger partial charge < -0.3 is 0 Å². The van der Waals surface area contributed by atoms with Crippen LogP contribution in [0.15, 0.2) is 53.7 Å². The van der Waals surface area contributed by atoms with Crippen LogP contribution in [0, 0.1) is 16.2 Å². The van der Waals surface area contributed by atoms with Crippen molar-refractivity contribution in [1.29, 1.82) is 5.26 Å². The van der Waals surface area contributed by atoms with E-state index in [1.54, 1.807) is 12.1 Å². The van der Waals surface area contributed by atoms with Gasteiger partial charge in [0.25, 0.3) is 0 Å². The van der Waals surface area contributed by atoms with Gasteiger partial charge in [0.1, 0.15) is 5.69 Å². The molecule has 0 saturated heterocycles. The number of hydrogen-bond donors (Lipinski definition) is 0. The molecule has 0 spiro atoms. The molecule has 0 radical (unpaired) electrons. The van der Waals surface area contributed by atoms with Gasteiger partial charge >= 0.3 is 0 Å².